The third kappa shape index (κ3) is 9.19. The number of esters is 1. The summed E-state index contributed by atoms with van der Waals surface area (Å²) < 4.78 is 40.2. The molecule has 0 radical (unpaired) electrons. The normalized spacial score (nSPS) is 12.2. The highest BCUT2D eigenvalue weighted by Gasteiger charge is 2.26. The number of halogens is 2. The Morgan fingerprint density at radius 1 is 1.08 bits per heavy atom. The smallest absolute Gasteiger partial charge is 0.344 e. The van der Waals surface area contributed by atoms with Crippen molar-refractivity contribution in [1.82, 2.24) is 10.1 Å². The van der Waals surface area contributed by atoms with Crippen molar-refractivity contribution in [2.75, 3.05) is 13.2 Å². The molecule has 1 amide bonds. The maximum absolute atomic E-state index is 13.0. The molecule has 1 atom stereocenters. The second kappa shape index (κ2) is 14.4. The molecule has 9 nitrogen and oxygen atoms in total. The van der Waals surface area contributed by atoms with E-state index >= 15 is 0 Å². The van der Waals surface area contributed by atoms with Crippen molar-refractivity contribution in [2.24, 2.45) is 5.10 Å². The zero-order chi connectivity index (χ0) is 27.5. The van der Waals surface area contributed by atoms with E-state index in [1.165, 1.54) is 18.3 Å². The van der Waals surface area contributed by atoms with Crippen LogP contribution < -0.4 is 14.9 Å². The minimum absolute atomic E-state index is 0.0578. The van der Waals surface area contributed by atoms with E-state index in [0.29, 0.717) is 15.8 Å². The predicted octanol–water partition coefficient (Wildman–Crippen LogP) is 4.04. The quantitative estimate of drug-likeness (QED) is 0.127. The topological polar surface area (TPSA) is 123 Å². The van der Waals surface area contributed by atoms with Gasteiger partial charge in [0.25, 0.3) is 5.91 Å². The zero-order valence-electron chi connectivity index (χ0n) is 20.3. The predicted molar refractivity (Wildman–Crippen MR) is 155 cm³/mol. The fourth-order valence-electron chi connectivity index (χ4n) is 3.21. The molecule has 0 bridgehead atoms. The lowest BCUT2D eigenvalue weighted by Gasteiger charge is -2.17. The highest BCUT2D eigenvalue weighted by atomic mass is 127. The van der Waals surface area contributed by atoms with Gasteiger partial charge >= 0.3 is 5.97 Å². The molecule has 12 heteroatoms. The molecule has 3 rings (SSSR count). The van der Waals surface area contributed by atoms with Crippen molar-refractivity contribution in [3.63, 3.8) is 0 Å². The minimum Gasteiger partial charge on any atom is -0.481 e. The molecule has 0 aromatic heterocycles. The minimum atomic E-state index is -3.96. The van der Waals surface area contributed by atoms with Crippen LogP contribution in [0.4, 0.5) is 0 Å². The SMILES string of the molecule is CCOC(=O)COc1ccc(/C=N\NC(=O)[C@H](Cc2ccccc2)NS(=O)(=O)c2ccc(I)cc2)cc1Br. The summed E-state index contributed by atoms with van der Waals surface area (Å²) in [6.07, 6.45) is 1.54. The number of ether oxygens (including phenoxy) is 2. The molecular weight excluding hydrogens is 689 g/mol. The molecule has 200 valence electrons. The molecule has 0 aliphatic rings. The summed E-state index contributed by atoms with van der Waals surface area (Å²) in [5.74, 6) is -0.657. The van der Waals surface area contributed by atoms with Crippen LogP contribution >= 0.6 is 38.5 Å². The first kappa shape index (κ1) is 29.7. The van der Waals surface area contributed by atoms with Gasteiger partial charge in [-0.25, -0.2) is 18.6 Å². The summed E-state index contributed by atoms with van der Waals surface area (Å²) in [4.78, 5) is 24.5. The van der Waals surface area contributed by atoms with Crippen LogP contribution in [0.3, 0.4) is 0 Å². The van der Waals surface area contributed by atoms with Crippen LogP contribution in [0.2, 0.25) is 0 Å². The van der Waals surface area contributed by atoms with E-state index in [1.807, 2.05) is 30.3 Å². The van der Waals surface area contributed by atoms with Crippen LogP contribution in [0.5, 0.6) is 5.75 Å². The van der Waals surface area contributed by atoms with Gasteiger partial charge in [-0.2, -0.15) is 9.82 Å². The fraction of sp³-hybridized carbons (Fsp3) is 0.192. The highest BCUT2D eigenvalue weighted by molar-refractivity contribution is 14.1. The van der Waals surface area contributed by atoms with Gasteiger partial charge < -0.3 is 9.47 Å². The Hall–Kier alpha value is -2.81. The number of hydrogen-bond acceptors (Lipinski definition) is 7. The van der Waals surface area contributed by atoms with Crippen molar-refractivity contribution >= 4 is 66.6 Å². The van der Waals surface area contributed by atoms with Crippen LogP contribution in [-0.2, 0) is 30.8 Å². The summed E-state index contributed by atoms with van der Waals surface area (Å²) in [7, 11) is -3.96. The monoisotopic (exact) mass is 713 g/mol. The molecule has 0 saturated heterocycles. The summed E-state index contributed by atoms with van der Waals surface area (Å²) in [5.41, 5.74) is 3.82. The number of sulfonamides is 1. The lowest BCUT2D eigenvalue weighted by molar-refractivity contribution is -0.145. The van der Waals surface area contributed by atoms with Crippen molar-refractivity contribution in [2.45, 2.75) is 24.3 Å². The largest absolute Gasteiger partial charge is 0.481 e. The lowest BCUT2D eigenvalue weighted by atomic mass is 10.1. The summed E-state index contributed by atoms with van der Waals surface area (Å²) in [6.45, 7) is 1.75. The average molecular weight is 714 g/mol. The molecule has 0 unspecified atom stereocenters. The van der Waals surface area contributed by atoms with Crippen molar-refractivity contribution in [3.05, 3.63) is 92.0 Å². The Balaban J connectivity index is 1.69. The lowest BCUT2D eigenvalue weighted by Crippen LogP contribution is -2.46. The number of hydrazone groups is 1. The first-order valence-corrected chi connectivity index (χ1v) is 14.8. The first-order chi connectivity index (χ1) is 18.2. The van der Waals surface area contributed by atoms with Gasteiger partial charge in [-0.1, -0.05) is 30.3 Å². The first-order valence-electron chi connectivity index (χ1n) is 11.4. The Kier molecular flexibility index (Phi) is 11.2. The van der Waals surface area contributed by atoms with Crippen LogP contribution in [0.15, 0.2) is 87.3 Å². The number of hydrogen-bond donors (Lipinski definition) is 2. The molecule has 0 saturated carbocycles. The third-order valence-electron chi connectivity index (χ3n) is 5.02. The van der Waals surface area contributed by atoms with E-state index in [1.54, 1.807) is 37.3 Å². The van der Waals surface area contributed by atoms with Gasteiger partial charge in [0.2, 0.25) is 10.0 Å². The van der Waals surface area contributed by atoms with Crippen molar-refractivity contribution in [1.29, 1.82) is 0 Å². The number of carbonyl (C=O) groups excluding carboxylic acids is 2. The van der Waals surface area contributed by atoms with E-state index in [-0.39, 0.29) is 24.5 Å². The Labute approximate surface area is 243 Å². The molecule has 3 aromatic carbocycles. The van der Waals surface area contributed by atoms with E-state index < -0.39 is 27.9 Å². The number of nitrogens with zero attached hydrogens (tertiary/aromatic N) is 1. The van der Waals surface area contributed by atoms with E-state index in [4.69, 9.17) is 9.47 Å². The van der Waals surface area contributed by atoms with Crippen molar-refractivity contribution < 1.29 is 27.5 Å². The molecule has 3 aromatic rings. The highest BCUT2D eigenvalue weighted by Crippen LogP contribution is 2.25. The van der Waals surface area contributed by atoms with Crippen LogP contribution in [0.1, 0.15) is 18.1 Å². The van der Waals surface area contributed by atoms with Crippen LogP contribution in [0.25, 0.3) is 0 Å². The van der Waals surface area contributed by atoms with Crippen LogP contribution in [0, 0.1) is 3.57 Å². The second-order valence-electron chi connectivity index (χ2n) is 7.84. The average Bonchev–Trinajstić information content (AvgIpc) is 2.88. The second-order valence-corrected chi connectivity index (χ2v) is 11.6. The number of nitrogens with one attached hydrogen (secondary N) is 2. The number of benzene rings is 3. The van der Waals surface area contributed by atoms with Gasteiger partial charge in [-0.15, -0.1) is 0 Å². The molecular formula is C26H25BrIN3O6S. The number of rotatable bonds is 12. The van der Waals surface area contributed by atoms with Gasteiger partial charge in [-0.05, 0) is 105 Å². The van der Waals surface area contributed by atoms with Gasteiger partial charge in [0.15, 0.2) is 6.61 Å². The van der Waals surface area contributed by atoms with E-state index in [0.717, 1.165) is 9.13 Å². The molecule has 38 heavy (non-hydrogen) atoms. The standard InChI is InChI=1S/C26H25BrIN3O6S/c1-2-36-25(32)17-37-24-13-8-19(14-22(24)27)16-29-30-26(33)23(15-18-6-4-3-5-7-18)31-38(34,35)21-11-9-20(28)10-12-21/h3-14,16,23,31H,2,15,17H2,1H3,(H,30,33)/b29-16-/t23-/m0/s1. The van der Waals surface area contributed by atoms with Gasteiger partial charge in [0.1, 0.15) is 11.8 Å². The summed E-state index contributed by atoms with van der Waals surface area (Å²) in [6, 6.07) is 19.3. The molecule has 0 spiro atoms. The fourth-order valence-corrected chi connectivity index (χ4v) is 5.27. The number of carbonyl (C=O) groups is 2. The summed E-state index contributed by atoms with van der Waals surface area (Å²) in [5, 5.41) is 3.99. The van der Waals surface area contributed by atoms with Crippen LogP contribution in [-0.4, -0.2) is 45.8 Å². The maximum Gasteiger partial charge on any atom is 0.344 e. The van der Waals surface area contributed by atoms with E-state index in [9.17, 15) is 18.0 Å². The Morgan fingerprint density at radius 2 is 1.79 bits per heavy atom. The molecule has 0 heterocycles. The molecule has 0 fully saturated rings. The molecule has 0 aliphatic heterocycles. The number of amides is 1. The van der Waals surface area contributed by atoms with Gasteiger partial charge in [0.05, 0.1) is 22.2 Å². The van der Waals surface area contributed by atoms with Crippen molar-refractivity contribution in [3.8, 4) is 5.75 Å². The van der Waals surface area contributed by atoms with Gasteiger partial charge in [0, 0.05) is 3.57 Å². The Bertz CT molecular complexity index is 1390. The van der Waals surface area contributed by atoms with Gasteiger partial charge in [-0.3, -0.25) is 4.79 Å². The third-order valence-corrected chi connectivity index (χ3v) is 7.84. The maximum atomic E-state index is 13.0. The molecule has 0 aliphatic carbocycles. The summed E-state index contributed by atoms with van der Waals surface area (Å²) >= 11 is 5.46. The Morgan fingerprint density at radius 3 is 2.45 bits per heavy atom. The molecule has 2 N–H and O–H groups in total. The van der Waals surface area contributed by atoms with E-state index in [2.05, 4.69) is 53.8 Å². The zero-order valence-corrected chi connectivity index (χ0v) is 24.8.